The summed E-state index contributed by atoms with van der Waals surface area (Å²) in [5, 5.41) is 10.9. The van der Waals surface area contributed by atoms with Crippen molar-refractivity contribution >= 4 is 17.5 Å². The number of nitrogens with one attached hydrogen (secondary N) is 1. The zero-order valence-electron chi connectivity index (χ0n) is 14.3. The molecule has 1 N–H and O–H groups in total. The normalized spacial score (nSPS) is 10.7. The van der Waals surface area contributed by atoms with E-state index in [2.05, 4.69) is 25.5 Å². The summed E-state index contributed by atoms with van der Waals surface area (Å²) in [5.74, 6) is 0.742. The lowest BCUT2D eigenvalue weighted by Gasteiger charge is -2.01. The predicted octanol–water partition coefficient (Wildman–Crippen LogP) is 2.33. The monoisotopic (exact) mass is 376 g/mol. The van der Waals surface area contributed by atoms with E-state index in [4.69, 9.17) is 20.9 Å². The fraction of sp³-hybridized carbons (Fsp3) is 0.312. The standard InChI is InChI=1S/C16H17ClN6O3/c1-3-23-9-11(17)14(21-23)16(24)19-8-13-20-15(22-26-13)10-5-6-12(18-7-10)25-4-2/h5-7,9H,3-4,8H2,1-2H3,(H,19,24). The highest BCUT2D eigenvalue weighted by molar-refractivity contribution is 6.33. The first-order valence-electron chi connectivity index (χ1n) is 8.03. The van der Waals surface area contributed by atoms with Crippen LogP contribution in [0, 0.1) is 0 Å². The van der Waals surface area contributed by atoms with Gasteiger partial charge in [0, 0.05) is 30.6 Å². The van der Waals surface area contributed by atoms with Crippen LogP contribution in [0.4, 0.5) is 0 Å². The van der Waals surface area contributed by atoms with Gasteiger partial charge in [0.15, 0.2) is 5.69 Å². The molecule has 3 aromatic heterocycles. The maximum Gasteiger partial charge on any atom is 0.273 e. The van der Waals surface area contributed by atoms with E-state index in [1.807, 2.05) is 13.8 Å². The number of aromatic nitrogens is 5. The first-order valence-corrected chi connectivity index (χ1v) is 8.41. The highest BCUT2D eigenvalue weighted by Gasteiger charge is 2.16. The molecule has 0 aliphatic rings. The first kappa shape index (κ1) is 17.9. The summed E-state index contributed by atoms with van der Waals surface area (Å²) in [5.41, 5.74) is 0.837. The second kappa shape index (κ2) is 7.96. The number of carbonyl (C=O) groups is 1. The van der Waals surface area contributed by atoms with Gasteiger partial charge in [-0.05, 0) is 19.9 Å². The quantitative estimate of drug-likeness (QED) is 0.674. The lowest BCUT2D eigenvalue weighted by Crippen LogP contribution is -2.24. The third-order valence-corrected chi connectivity index (χ3v) is 3.69. The lowest BCUT2D eigenvalue weighted by molar-refractivity contribution is 0.0940. The minimum absolute atomic E-state index is 0.0611. The van der Waals surface area contributed by atoms with Gasteiger partial charge >= 0.3 is 0 Å². The molecule has 0 radical (unpaired) electrons. The van der Waals surface area contributed by atoms with Crippen LogP contribution in [0.3, 0.4) is 0 Å². The van der Waals surface area contributed by atoms with Crippen LogP contribution < -0.4 is 10.1 Å². The average Bonchev–Trinajstić information content (AvgIpc) is 3.27. The Morgan fingerprint density at radius 2 is 2.23 bits per heavy atom. The molecular formula is C16H17ClN6O3. The van der Waals surface area contributed by atoms with Crippen LogP contribution in [0.5, 0.6) is 5.88 Å². The van der Waals surface area contributed by atoms with E-state index in [1.165, 1.54) is 0 Å². The van der Waals surface area contributed by atoms with Crippen LogP contribution in [0.1, 0.15) is 30.2 Å². The highest BCUT2D eigenvalue weighted by atomic mass is 35.5. The summed E-state index contributed by atoms with van der Waals surface area (Å²) >= 11 is 6.01. The predicted molar refractivity (Wildman–Crippen MR) is 92.8 cm³/mol. The van der Waals surface area contributed by atoms with E-state index in [-0.39, 0.29) is 23.2 Å². The number of hydrogen-bond donors (Lipinski definition) is 1. The van der Waals surface area contributed by atoms with Crippen LogP contribution in [-0.4, -0.2) is 37.4 Å². The molecule has 0 saturated heterocycles. The summed E-state index contributed by atoms with van der Waals surface area (Å²) in [6, 6.07) is 3.51. The fourth-order valence-electron chi connectivity index (χ4n) is 2.14. The van der Waals surface area contributed by atoms with E-state index in [1.54, 1.807) is 29.2 Å². The van der Waals surface area contributed by atoms with Crippen molar-refractivity contribution < 1.29 is 14.1 Å². The first-order chi connectivity index (χ1) is 12.6. The Labute approximate surface area is 154 Å². The van der Waals surface area contributed by atoms with E-state index in [0.29, 0.717) is 30.4 Å². The number of pyridine rings is 1. The minimum atomic E-state index is -0.412. The molecule has 1 amide bonds. The van der Waals surface area contributed by atoms with Crippen molar-refractivity contribution in [1.82, 2.24) is 30.2 Å². The molecule has 136 valence electrons. The van der Waals surface area contributed by atoms with Gasteiger partial charge in [-0.3, -0.25) is 9.48 Å². The fourth-order valence-corrected chi connectivity index (χ4v) is 2.38. The molecule has 3 heterocycles. The highest BCUT2D eigenvalue weighted by Crippen LogP contribution is 2.18. The van der Waals surface area contributed by atoms with Crippen LogP contribution in [0.25, 0.3) is 11.4 Å². The Morgan fingerprint density at radius 3 is 2.88 bits per heavy atom. The van der Waals surface area contributed by atoms with Gasteiger partial charge in [0.1, 0.15) is 0 Å². The third-order valence-electron chi connectivity index (χ3n) is 3.41. The molecule has 0 aliphatic carbocycles. The summed E-state index contributed by atoms with van der Waals surface area (Å²) < 4.78 is 12.0. The van der Waals surface area contributed by atoms with E-state index in [9.17, 15) is 4.79 Å². The largest absolute Gasteiger partial charge is 0.478 e. The molecule has 9 nitrogen and oxygen atoms in total. The maximum absolute atomic E-state index is 12.2. The molecule has 10 heteroatoms. The number of rotatable bonds is 7. The van der Waals surface area contributed by atoms with Crippen LogP contribution in [0.15, 0.2) is 29.0 Å². The molecule has 0 unspecified atom stereocenters. The zero-order valence-corrected chi connectivity index (χ0v) is 15.0. The molecule has 0 saturated carbocycles. The number of halogens is 1. The zero-order chi connectivity index (χ0) is 18.5. The van der Waals surface area contributed by atoms with E-state index >= 15 is 0 Å². The van der Waals surface area contributed by atoms with Crippen LogP contribution in [0.2, 0.25) is 5.02 Å². The lowest BCUT2D eigenvalue weighted by atomic mass is 10.3. The minimum Gasteiger partial charge on any atom is -0.478 e. The summed E-state index contributed by atoms with van der Waals surface area (Å²) in [7, 11) is 0. The van der Waals surface area contributed by atoms with Crippen LogP contribution >= 0.6 is 11.6 Å². The molecule has 0 fully saturated rings. The number of carbonyl (C=O) groups excluding carboxylic acids is 1. The van der Waals surface area contributed by atoms with Crippen molar-refractivity contribution in [2.24, 2.45) is 0 Å². The number of aryl methyl sites for hydroxylation is 1. The van der Waals surface area contributed by atoms with Crippen molar-refractivity contribution in [2.75, 3.05) is 6.61 Å². The van der Waals surface area contributed by atoms with Gasteiger partial charge in [0.05, 0.1) is 18.2 Å². The molecule has 0 atom stereocenters. The van der Waals surface area contributed by atoms with Gasteiger partial charge in [-0.15, -0.1) is 0 Å². The number of ether oxygens (including phenoxy) is 1. The number of nitrogens with zero attached hydrogens (tertiary/aromatic N) is 5. The van der Waals surface area contributed by atoms with Gasteiger partial charge < -0.3 is 14.6 Å². The van der Waals surface area contributed by atoms with Gasteiger partial charge in [0.2, 0.25) is 17.6 Å². The molecule has 0 aliphatic heterocycles. The molecular weight excluding hydrogens is 360 g/mol. The Bertz CT molecular complexity index is 890. The Kier molecular flexibility index (Phi) is 5.47. The van der Waals surface area contributed by atoms with Crippen molar-refractivity contribution in [3.8, 4) is 17.3 Å². The maximum atomic E-state index is 12.2. The topological polar surface area (TPSA) is 108 Å². The SMILES string of the molecule is CCOc1ccc(-c2noc(CNC(=O)c3nn(CC)cc3Cl)n2)cn1. The van der Waals surface area contributed by atoms with Gasteiger partial charge in [-0.2, -0.15) is 10.1 Å². The average molecular weight is 377 g/mol. The summed E-state index contributed by atoms with van der Waals surface area (Å²) in [4.78, 5) is 20.5. The molecule has 0 aromatic carbocycles. The van der Waals surface area contributed by atoms with Crippen molar-refractivity contribution in [1.29, 1.82) is 0 Å². The van der Waals surface area contributed by atoms with Crippen LogP contribution in [-0.2, 0) is 13.1 Å². The summed E-state index contributed by atoms with van der Waals surface area (Å²) in [6.07, 6.45) is 3.19. The molecule has 0 spiro atoms. The molecule has 26 heavy (non-hydrogen) atoms. The van der Waals surface area contributed by atoms with Crippen molar-refractivity contribution in [2.45, 2.75) is 26.9 Å². The molecule has 0 bridgehead atoms. The van der Waals surface area contributed by atoms with Gasteiger partial charge in [-0.25, -0.2) is 4.98 Å². The Hall–Kier alpha value is -2.94. The third kappa shape index (κ3) is 3.99. The molecule has 3 rings (SSSR count). The second-order valence-corrected chi connectivity index (χ2v) is 5.60. The number of hydrogen-bond acceptors (Lipinski definition) is 7. The second-order valence-electron chi connectivity index (χ2n) is 5.19. The van der Waals surface area contributed by atoms with Gasteiger partial charge in [-0.1, -0.05) is 16.8 Å². The Morgan fingerprint density at radius 1 is 1.38 bits per heavy atom. The Balaban J connectivity index is 1.63. The van der Waals surface area contributed by atoms with Crippen molar-refractivity contribution in [3.63, 3.8) is 0 Å². The number of amides is 1. The molecule has 3 aromatic rings. The summed E-state index contributed by atoms with van der Waals surface area (Å²) in [6.45, 7) is 5.01. The van der Waals surface area contributed by atoms with Gasteiger partial charge in [0.25, 0.3) is 5.91 Å². The van der Waals surface area contributed by atoms with E-state index < -0.39 is 5.91 Å². The van der Waals surface area contributed by atoms with Crippen molar-refractivity contribution in [3.05, 3.63) is 41.1 Å². The van der Waals surface area contributed by atoms with E-state index in [0.717, 1.165) is 0 Å². The smallest absolute Gasteiger partial charge is 0.273 e.